The third kappa shape index (κ3) is 1.35. The van der Waals surface area contributed by atoms with Crippen LogP contribution in [0.15, 0.2) is 24.3 Å². The molecule has 1 aliphatic heterocycles. The number of rotatable bonds is 2. The summed E-state index contributed by atoms with van der Waals surface area (Å²) < 4.78 is 0. The Morgan fingerprint density at radius 3 is 2.69 bits per heavy atom. The fourth-order valence-corrected chi connectivity index (χ4v) is 2.78. The molecule has 2 aliphatic rings. The van der Waals surface area contributed by atoms with Gasteiger partial charge in [0.15, 0.2) is 0 Å². The predicted octanol–water partition coefficient (Wildman–Crippen LogP) is 1.65. The zero-order valence-corrected chi connectivity index (χ0v) is 9.52. The number of nitrogens with zero attached hydrogens (tertiary/aromatic N) is 1. The van der Waals surface area contributed by atoms with Gasteiger partial charge in [-0.25, -0.2) is 0 Å². The van der Waals surface area contributed by atoms with Crippen LogP contribution in [0.1, 0.15) is 6.42 Å². The number of carbonyl (C=O) groups is 1. The van der Waals surface area contributed by atoms with E-state index in [4.69, 9.17) is 17.3 Å². The first-order chi connectivity index (χ1) is 7.72. The number of carbonyl (C=O) groups excluding carboxylic acids is 1. The van der Waals surface area contributed by atoms with E-state index in [9.17, 15) is 4.79 Å². The van der Waals surface area contributed by atoms with Gasteiger partial charge in [-0.1, -0.05) is 11.6 Å². The lowest BCUT2D eigenvalue weighted by atomic mass is 10.1. The number of fused-ring (bicyclic) bond motifs is 1. The van der Waals surface area contributed by atoms with E-state index in [0.29, 0.717) is 17.5 Å². The molecule has 4 heteroatoms. The molecule has 1 saturated heterocycles. The minimum absolute atomic E-state index is 0.179. The van der Waals surface area contributed by atoms with E-state index in [1.54, 1.807) is 0 Å². The van der Waals surface area contributed by atoms with Gasteiger partial charge in [-0.15, -0.1) is 0 Å². The van der Waals surface area contributed by atoms with Gasteiger partial charge in [-0.2, -0.15) is 0 Å². The summed E-state index contributed by atoms with van der Waals surface area (Å²) >= 11 is 5.83. The second-order valence-electron chi connectivity index (χ2n) is 4.49. The van der Waals surface area contributed by atoms with Crippen molar-refractivity contribution in [2.45, 2.75) is 12.5 Å². The van der Waals surface area contributed by atoms with Gasteiger partial charge in [-0.05, 0) is 36.6 Å². The van der Waals surface area contributed by atoms with Crippen LogP contribution in [0.5, 0.6) is 0 Å². The summed E-state index contributed by atoms with van der Waals surface area (Å²) in [4.78, 5) is 13.9. The molecule has 1 aromatic rings. The summed E-state index contributed by atoms with van der Waals surface area (Å²) in [5.74, 6) is 0.931. The van der Waals surface area contributed by atoms with Crippen molar-refractivity contribution in [1.29, 1.82) is 0 Å². The average Bonchev–Trinajstić information content (AvgIpc) is 3.02. The van der Waals surface area contributed by atoms with Gasteiger partial charge < -0.3 is 10.6 Å². The maximum Gasteiger partial charge on any atom is 0.230 e. The van der Waals surface area contributed by atoms with E-state index in [1.807, 2.05) is 29.2 Å². The molecule has 3 rings (SSSR count). The second kappa shape index (κ2) is 3.47. The number of anilines is 1. The molecule has 84 valence electrons. The van der Waals surface area contributed by atoms with Crippen molar-refractivity contribution in [3.63, 3.8) is 0 Å². The van der Waals surface area contributed by atoms with Crippen molar-refractivity contribution in [2.24, 2.45) is 17.6 Å². The molecule has 0 radical (unpaired) electrons. The summed E-state index contributed by atoms with van der Waals surface area (Å²) in [6.45, 7) is 0.537. The Morgan fingerprint density at radius 2 is 2.06 bits per heavy atom. The quantitative estimate of drug-likeness (QED) is 0.849. The van der Waals surface area contributed by atoms with Crippen molar-refractivity contribution < 1.29 is 4.79 Å². The number of hydrogen-bond acceptors (Lipinski definition) is 2. The fraction of sp³-hybridized carbons (Fsp3) is 0.417. The lowest BCUT2D eigenvalue weighted by molar-refractivity contribution is -0.118. The molecule has 16 heavy (non-hydrogen) atoms. The highest BCUT2D eigenvalue weighted by Crippen LogP contribution is 2.51. The van der Waals surface area contributed by atoms with Crippen molar-refractivity contribution in [3.8, 4) is 0 Å². The summed E-state index contributed by atoms with van der Waals surface area (Å²) in [6, 6.07) is 7.56. The third-order valence-corrected chi connectivity index (χ3v) is 3.82. The summed E-state index contributed by atoms with van der Waals surface area (Å²) in [5, 5.41) is 0.685. The predicted molar refractivity (Wildman–Crippen MR) is 63.4 cm³/mol. The maximum atomic E-state index is 12.0. The normalized spacial score (nSPS) is 31.8. The molecule has 1 amide bonds. The van der Waals surface area contributed by atoms with E-state index in [2.05, 4.69) is 0 Å². The molecule has 1 aliphatic carbocycles. The second-order valence-corrected chi connectivity index (χ2v) is 4.93. The highest BCUT2D eigenvalue weighted by atomic mass is 35.5. The van der Waals surface area contributed by atoms with E-state index >= 15 is 0 Å². The summed E-state index contributed by atoms with van der Waals surface area (Å²) in [5.41, 5.74) is 6.66. The van der Waals surface area contributed by atoms with E-state index in [1.165, 1.54) is 0 Å². The highest BCUT2D eigenvalue weighted by Gasteiger charge is 2.58. The number of piperidine rings is 1. The molecule has 0 bridgehead atoms. The van der Waals surface area contributed by atoms with Crippen molar-refractivity contribution in [2.75, 3.05) is 11.4 Å². The van der Waals surface area contributed by atoms with Crippen molar-refractivity contribution in [1.82, 2.24) is 0 Å². The van der Waals surface area contributed by atoms with E-state index in [0.717, 1.165) is 12.1 Å². The largest absolute Gasteiger partial charge is 0.328 e. The van der Waals surface area contributed by atoms with Crippen LogP contribution in [0.3, 0.4) is 0 Å². The number of halogens is 1. The molecule has 3 unspecified atom stereocenters. The van der Waals surface area contributed by atoms with Crippen LogP contribution in [0.25, 0.3) is 0 Å². The molecule has 1 heterocycles. The van der Waals surface area contributed by atoms with Gasteiger partial charge in [0.2, 0.25) is 5.91 Å². The van der Waals surface area contributed by atoms with Crippen LogP contribution < -0.4 is 10.6 Å². The summed E-state index contributed by atoms with van der Waals surface area (Å²) in [7, 11) is 0. The van der Waals surface area contributed by atoms with Crippen molar-refractivity contribution >= 4 is 23.2 Å². The first-order valence-corrected chi connectivity index (χ1v) is 5.89. The number of amides is 1. The molecule has 0 spiro atoms. The number of nitrogens with two attached hydrogens (primary N) is 1. The Hall–Kier alpha value is -1.06. The number of benzene rings is 1. The van der Waals surface area contributed by atoms with Gasteiger partial charge in [0, 0.05) is 23.2 Å². The zero-order chi connectivity index (χ0) is 11.3. The highest BCUT2D eigenvalue weighted by molar-refractivity contribution is 6.30. The van der Waals surface area contributed by atoms with Gasteiger partial charge >= 0.3 is 0 Å². The van der Waals surface area contributed by atoms with Gasteiger partial charge in [0.05, 0.1) is 6.04 Å². The lowest BCUT2D eigenvalue weighted by Gasteiger charge is -2.26. The van der Waals surface area contributed by atoms with Crippen molar-refractivity contribution in [3.05, 3.63) is 29.3 Å². The monoisotopic (exact) mass is 236 g/mol. The van der Waals surface area contributed by atoms with E-state index in [-0.39, 0.29) is 17.9 Å². The molecular weight excluding hydrogens is 224 g/mol. The molecule has 2 fully saturated rings. The Labute approximate surface area is 99.2 Å². The molecule has 0 aromatic heterocycles. The van der Waals surface area contributed by atoms with Crippen LogP contribution in [-0.2, 0) is 4.79 Å². The third-order valence-electron chi connectivity index (χ3n) is 3.57. The molecule has 1 aromatic carbocycles. The first-order valence-electron chi connectivity index (χ1n) is 5.51. The number of hydrogen-bond donors (Lipinski definition) is 1. The smallest absolute Gasteiger partial charge is 0.230 e. The van der Waals surface area contributed by atoms with Gasteiger partial charge in [-0.3, -0.25) is 4.79 Å². The molecule has 3 atom stereocenters. The standard InChI is InChI=1S/C12H13ClN2O/c13-7-1-3-8(4-2-7)15-11(6-14)9-5-10(9)12(15)16/h1-4,9-11H,5-6,14H2. The first kappa shape index (κ1) is 10.1. The topological polar surface area (TPSA) is 46.3 Å². The minimum Gasteiger partial charge on any atom is -0.328 e. The zero-order valence-electron chi connectivity index (χ0n) is 8.77. The van der Waals surface area contributed by atoms with Gasteiger partial charge in [0.1, 0.15) is 0 Å². The Kier molecular flexibility index (Phi) is 2.19. The average molecular weight is 237 g/mol. The Bertz CT molecular complexity index is 431. The Morgan fingerprint density at radius 1 is 1.38 bits per heavy atom. The summed E-state index contributed by atoms with van der Waals surface area (Å²) in [6.07, 6.45) is 1.02. The van der Waals surface area contributed by atoms with Gasteiger partial charge in [0.25, 0.3) is 0 Å². The maximum absolute atomic E-state index is 12.0. The SMILES string of the molecule is NCC1C2CC2C(=O)N1c1ccc(Cl)cc1. The molecule has 3 nitrogen and oxygen atoms in total. The lowest BCUT2D eigenvalue weighted by Crippen LogP contribution is -2.41. The molecule has 1 saturated carbocycles. The van der Waals surface area contributed by atoms with Crippen LogP contribution in [0, 0.1) is 11.8 Å². The van der Waals surface area contributed by atoms with Crippen LogP contribution in [0.2, 0.25) is 5.02 Å². The van der Waals surface area contributed by atoms with Crippen LogP contribution in [0.4, 0.5) is 5.69 Å². The Balaban J connectivity index is 1.94. The molecular formula is C12H13ClN2O. The van der Waals surface area contributed by atoms with Crippen LogP contribution >= 0.6 is 11.6 Å². The fourth-order valence-electron chi connectivity index (χ4n) is 2.66. The van der Waals surface area contributed by atoms with Crippen LogP contribution in [-0.4, -0.2) is 18.5 Å². The minimum atomic E-state index is 0.179. The van der Waals surface area contributed by atoms with E-state index < -0.39 is 0 Å². The molecule has 2 N–H and O–H groups in total.